The summed E-state index contributed by atoms with van der Waals surface area (Å²) >= 11 is 0. The number of rotatable bonds is 10. The molecule has 0 aliphatic carbocycles. The maximum absolute atomic E-state index is 5.67. The highest BCUT2D eigenvalue weighted by Gasteiger charge is 2.14. The number of aryl methyl sites for hydroxylation is 1. The van der Waals surface area contributed by atoms with Gasteiger partial charge in [-0.2, -0.15) is 0 Å². The molecule has 0 heterocycles. The quantitative estimate of drug-likeness (QED) is 0.605. The minimum Gasteiger partial charge on any atom is -0.485 e. The van der Waals surface area contributed by atoms with Crippen molar-refractivity contribution in [2.24, 2.45) is 0 Å². The van der Waals surface area contributed by atoms with E-state index in [-0.39, 0.29) is 0 Å². The molecular formula is C17H22O3. The molecule has 1 rings (SSSR count). The van der Waals surface area contributed by atoms with Crippen molar-refractivity contribution >= 4 is 0 Å². The standard InChI is InChI=1S/C17H22O3/c1-5-9-18-15-12-14(8-4)13-16(19-10-6-2)17(15)20-11-7-3/h5-7,12-13H,1-3,8-11H2,4H3. The molecule has 0 aliphatic rings. The van der Waals surface area contributed by atoms with Crippen LogP contribution in [0.2, 0.25) is 0 Å². The fourth-order valence-electron chi connectivity index (χ4n) is 1.63. The van der Waals surface area contributed by atoms with Gasteiger partial charge in [-0.1, -0.05) is 44.9 Å². The molecule has 3 heteroatoms. The first-order valence-corrected chi connectivity index (χ1v) is 6.64. The highest BCUT2D eigenvalue weighted by molar-refractivity contribution is 5.54. The molecule has 0 amide bonds. The normalized spacial score (nSPS) is 9.65. The molecule has 1 aromatic carbocycles. The van der Waals surface area contributed by atoms with E-state index >= 15 is 0 Å². The van der Waals surface area contributed by atoms with Crippen molar-refractivity contribution in [1.82, 2.24) is 0 Å². The highest BCUT2D eigenvalue weighted by atomic mass is 16.5. The van der Waals surface area contributed by atoms with Crippen LogP contribution >= 0.6 is 0 Å². The topological polar surface area (TPSA) is 27.7 Å². The number of benzene rings is 1. The molecule has 0 saturated carbocycles. The van der Waals surface area contributed by atoms with Crippen molar-refractivity contribution in [2.45, 2.75) is 13.3 Å². The van der Waals surface area contributed by atoms with Gasteiger partial charge in [0.2, 0.25) is 5.75 Å². The zero-order valence-corrected chi connectivity index (χ0v) is 12.1. The molecule has 0 spiro atoms. The summed E-state index contributed by atoms with van der Waals surface area (Å²) in [6.07, 6.45) is 5.96. The van der Waals surface area contributed by atoms with E-state index in [1.54, 1.807) is 18.2 Å². The molecular weight excluding hydrogens is 252 g/mol. The number of ether oxygens (including phenoxy) is 3. The van der Waals surface area contributed by atoms with Gasteiger partial charge in [0.05, 0.1) is 0 Å². The number of hydrogen-bond acceptors (Lipinski definition) is 3. The Hall–Kier alpha value is -2.16. The first kappa shape index (κ1) is 15.9. The van der Waals surface area contributed by atoms with Crippen LogP contribution in [0.1, 0.15) is 12.5 Å². The second-order valence-corrected chi connectivity index (χ2v) is 4.07. The smallest absolute Gasteiger partial charge is 0.203 e. The predicted octanol–water partition coefficient (Wildman–Crippen LogP) is 3.94. The summed E-state index contributed by atoms with van der Waals surface area (Å²) in [4.78, 5) is 0. The Morgan fingerprint density at radius 3 is 1.70 bits per heavy atom. The Labute approximate surface area is 121 Å². The SMILES string of the molecule is C=CCOc1cc(CC)cc(OCC=C)c1OCC=C. The fraction of sp³-hybridized carbons (Fsp3) is 0.294. The van der Waals surface area contributed by atoms with Gasteiger partial charge in [-0.15, -0.1) is 0 Å². The molecule has 20 heavy (non-hydrogen) atoms. The van der Waals surface area contributed by atoms with Gasteiger partial charge in [-0.3, -0.25) is 0 Å². The third kappa shape index (κ3) is 4.50. The van der Waals surface area contributed by atoms with Gasteiger partial charge in [0.15, 0.2) is 11.5 Å². The van der Waals surface area contributed by atoms with Gasteiger partial charge >= 0.3 is 0 Å². The van der Waals surface area contributed by atoms with E-state index in [0.717, 1.165) is 12.0 Å². The summed E-state index contributed by atoms with van der Waals surface area (Å²) in [6, 6.07) is 3.92. The van der Waals surface area contributed by atoms with E-state index < -0.39 is 0 Å². The van der Waals surface area contributed by atoms with Crippen molar-refractivity contribution in [3.63, 3.8) is 0 Å². The van der Waals surface area contributed by atoms with E-state index in [9.17, 15) is 0 Å². The second-order valence-electron chi connectivity index (χ2n) is 4.07. The summed E-state index contributed by atoms with van der Waals surface area (Å²) in [5.41, 5.74) is 1.12. The minimum atomic E-state index is 0.389. The zero-order chi connectivity index (χ0) is 14.8. The maximum atomic E-state index is 5.67. The van der Waals surface area contributed by atoms with E-state index in [4.69, 9.17) is 14.2 Å². The van der Waals surface area contributed by atoms with Crippen LogP contribution in [-0.4, -0.2) is 19.8 Å². The molecule has 1 aromatic rings. The molecule has 0 unspecified atom stereocenters. The molecule has 0 aromatic heterocycles. The fourth-order valence-corrected chi connectivity index (χ4v) is 1.63. The predicted molar refractivity (Wildman–Crippen MR) is 82.9 cm³/mol. The van der Waals surface area contributed by atoms with Gasteiger partial charge in [-0.25, -0.2) is 0 Å². The lowest BCUT2D eigenvalue weighted by Gasteiger charge is -2.17. The highest BCUT2D eigenvalue weighted by Crippen LogP contribution is 2.39. The lowest BCUT2D eigenvalue weighted by molar-refractivity contribution is 0.279. The van der Waals surface area contributed by atoms with Gasteiger partial charge in [0, 0.05) is 0 Å². The summed E-state index contributed by atoms with van der Waals surface area (Å²) in [5, 5.41) is 0. The van der Waals surface area contributed by atoms with Crippen LogP contribution < -0.4 is 14.2 Å². The lowest BCUT2D eigenvalue weighted by atomic mass is 10.1. The summed E-state index contributed by atoms with van der Waals surface area (Å²) in [6.45, 7) is 14.3. The largest absolute Gasteiger partial charge is 0.485 e. The average Bonchev–Trinajstić information content (AvgIpc) is 2.48. The van der Waals surface area contributed by atoms with Crippen LogP contribution in [0.4, 0.5) is 0 Å². The van der Waals surface area contributed by atoms with E-state index in [1.165, 1.54) is 0 Å². The summed E-state index contributed by atoms with van der Waals surface area (Å²) < 4.78 is 17.0. The van der Waals surface area contributed by atoms with Crippen LogP contribution in [0, 0.1) is 0 Å². The van der Waals surface area contributed by atoms with Crippen LogP contribution in [0.3, 0.4) is 0 Å². The van der Waals surface area contributed by atoms with Crippen LogP contribution in [0.5, 0.6) is 17.2 Å². The second kappa shape index (κ2) is 8.86. The van der Waals surface area contributed by atoms with Crippen molar-refractivity contribution in [2.75, 3.05) is 19.8 Å². The molecule has 0 radical (unpaired) electrons. The number of hydrogen-bond donors (Lipinski definition) is 0. The van der Waals surface area contributed by atoms with Crippen LogP contribution in [-0.2, 0) is 6.42 Å². The van der Waals surface area contributed by atoms with E-state index in [0.29, 0.717) is 37.1 Å². The monoisotopic (exact) mass is 274 g/mol. The molecule has 0 atom stereocenters. The van der Waals surface area contributed by atoms with Crippen molar-refractivity contribution < 1.29 is 14.2 Å². The molecule has 0 bridgehead atoms. The Morgan fingerprint density at radius 1 is 0.850 bits per heavy atom. The van der Waals surface area contributed by atoms with E-state index in [1.807, 2.05) is 12.1 Å². The summed E-state index contributed by atoms with van der Waals surface area (Å²) in [7, 11) is 0. The third-order valence-electron chi connectivity index (χ3n) is 2.55. The molecule has 0 N–H and O–H groups in total. The van der Waals surface area contributed by atoms with Gasteiger partial charge in [0.1, 0.15) is 19.8 Å². The van der Waals surface area contributed by atoms with Crippen LogP contribution in [0.25, 0.3) is 0 Å². The minimum absolute atomic E-state index is 0.389. The van der Waals surface area contributed by atoms with Crippen molar-refractivity contribution in [3.05, 3.63) is 55.7 Å². The molecule has 108 valence electrons. The Balaban J connectivity index is 3.15. The zero-order valence-electron chi connectivity index (χ0n) is 12.1. The molecule has 3 nitrogen and oxygen atoms in total. The molecule has 0 fully saturated rings. The Morgan fingerprint density at radius 2 is 1.30 bits per heavy atom. The lowest BCUT2D eigenvalue weighted by Crippen LogP contribution is -2.04. The first-order chi connectivity index (χ1) is 9.76. The summed E-state index contributed by atoms with van der Waals surface area (Å²) in [5.74, 6) is 1.90. The van der Waals surface area contributed by atoms with Gasteiger partial charge in [-0.05, 0) is 24.1 Å². The van der Waals surface area contributed by atoms with Crippen LogP contribution in [0.15, 0.2) is 50.1 Å². The van der Waals surface area contributed by atoms with Crippen molar-refractivity contribution in [3.8, 4) is 17.2 Å². The first-order valence-electron chi connectivity index (χ1n) is 6.64. The average molecular weight is 274 g/mol. The van der Waals surface area contributed by atoms with Gasteiger partial charge < -0.3 is 14.2 Å². The Kier molecular flexibility index (Phi) is 7.04. The van der Waals surface area contributed by atoms with Gasteiger partial charge in [0.25, 0.3) is 0 Å². The Bertz CT molecular complexity index is 430. The molecule has 0 saturated heterocycles. The van der Waals surface area contributed by atoms with E-state index in [2.05, 4.69) is 26.7 Å². The molecule has 0 aliphatic heterocycles. The van der Waals surface area contributed by atoms with Crippen molar-refractivity contribution in [1.29, 1.82) is 0 Å². The maximum Gasteiger partial charge on any atom is 0.203 e. The third-order valence-corrected chi connectivity index (χ3v) is 2.55.